The predicted octanol–water partition coefficient (Wildman–Crippen LogP) is 3.62. The van der Waals surface area contributed by atoms with E-state index < -0.39 is 0 Å². The molecule has 2 aromatic carbocycles. The number of nitrogens with zero attached hydrogens (tertiary/aromatic N) is 1. The zero-order valence-corrected chi connectivity index (χ0v) is 12.7. The number of benzene rings is 2. The highest BCUT2D eigenvalue weighted by Gasteiger charge is 2.24. The van der Waals surface area contributed by atoms with Gasteiger partial charge in [-0.3, -0.25) is 4.79 Å². The van der Waals surface area contributed by atoms with Crippen LogP contribution in [0.4, 0.5) is 5.69 Å². The molecule has 2 aliphatic rings. The van der Waals surface area contributed by atoms with E-state index in [4.69, 9.17) is 4.74 Å². The topological polar surface area (TPSA) is 29.5 Å². The van der Waals surface area contributed by atoms with Gasteiger partial charge in [0.25, 0.3) is 0 Å². The van der Waals surface area contributed by atoms with E-state index in [0.29, 0.717) is 12.2 Å². The van der Waals surface area contributed by atoms with Crippen molar-refractivity contribution >= 4 is 22.2 Å². The molecular formula is C19H17NO2. The minimum atomic E-state index is 0.109. The zero-order chi connectivity index (χ0) is 15.3. The van der Waals surface area contributed by atoms with Gasteiger partial charge in [-0.25, -0.2) is 0 Å². The molecule has 110 valence electrons. The summed E-state index contributed by atoms with van der Waals surface area (Å²) in [5, 5.41) is 2.45. The van der Waals surface area contributed by atoms with Crippen molar-refractivity contribution in [1.82, 2.24) is 0 Å². The molecule has 0 radical (unpaired) electrons. The lowest BCUT2D eigenvalue weighted by Crippen LogP contribution is -2.16. The number of carbonyl (C=O) groups is 1. The van der Waals surface area contributed by atoms with E-state index in [1.807, 2.05) is 12.1 Å². The minimum Gasteiger partial charge on any atom is -0.457 e. The van der Waals surface area contributed by atoms with E-state index in [1.54, 1.807) is 6.08 Å². The maximum absolute atomic E-state index is 11.6. The molecule has 3 heteroatoms. The van der Waals surface area contributed by atoms with Crippen molar-refractivity contribution in [2.45, 2.75) is 12.8 Å². The van der Waals surface area contributed by atoms with Crippen LogP contribution in [0.5, 0.6) is 5.75 Å². The van der Waals surface area contributed by atoms with Gasteiger partial charge in [0.1, 0.15) is 11.5 Å². The highest BCUT2D eigenvalue weighted by molar-refractivity contribution is 5.98. The van der Waals surface area contributed by atoms with Crippen LogP contribution < -0.4 is 9.64 Å². The summed E-state index contributed by atoms with van der Waals surface area (Å²) in [5.41, 5.74) is 3.53. The molecular weight excluding hydrogens is 274 g/mol. The van der Waals surface area contributed by atoms with Gasteiger partial charge in [-0.15, -0.1) is 0 Å². The SMILES string of the molecule is CN(C)c1cccc2c3c(ccc12)OC1=CC(=O)CC=C1C3. The normalized spacial score (nSPS) is 16.4. The van der Waals surface area contributed by atoms with E-state index in [-0.39, 0.29) is 5.78 Å². The van der Waals surface area contributed by atoms with Crippen molar-refractivity contribution in [2.24, 2.45) is 0 Å². The molecule has 1 aliphatic carbocycles. The van der Waals surface area contributed by atoms with Crippen LogP contribution in [0.2, 0.25) is 0 Å². The van der Waals surface area contributed by atoms with Crippen LogP contribution in [-0.2, 0) is 11.2 Å². The van der Waals surface area contributed by atoms with Crippen LogP contribution in [0.3, 0.4) is 0 Å². The number of hydrogen-bond acceptors (Lipinski definition) is 3. The second-order valence-electron chi connectivity index (χ2n) is 6.00. The number of fused-ring (bicyclic) bond motifs is 4. The number of hydrogen-bond donors (Lipinski definition) is 0. The van der Waals surface area contributed by atoms with Gasteiger partial charge in [0, 0.05) is 49.7 Å². The average molecular weight is 291 g/mol. The Kier molecular flexibility index (Phi) is 2.83. The number of ketones is 1. The molecule has 1 aliphatic heterocycles. The van der Waals surface area contributed by atoms with Crippen LogP contribution in [-0.4, -0.2) is 19.9 Å². The second kappa shape index (κ2) is 4.73. The first-order valence-corrected chi connectivity index (χ1v) is 7.47. The maximum atomic E-state index is 11.6. The summed E-state index contributed by atoms with van der Waals surface area (Å²) in [6.45, 7) is 0. The Balaban J connectivity index is 1.92. The van der Waals surface area contributed by atoms with Crippen molar-refractivity contribution in [3.05, 3.63) is 59.4 Å². The zero-order valence-electron chi connectivity index (χ0n) is 12.7. The Bertz CT molecular complexity index is 859. The molecule has 0 aromatic heterocycles. The molecule has 3 nitrogen and oxygen atoms in total. The van der Waals surface area contributed by atoms with Gasteiger partial charge in [0.2, 0.25) is 0 Å². The Morgan fingerprint density at radius 2 is 1.95 bits per heavy atom. The first-order chi connectivity index (χ1) is 10.6. The van der Waals surface area contributed by atoms with Gasteiger partial charge in [0.15, 0.2) is 5.78 Å². The molecule has 0 amide bonds. The lowest BCUT2D eigenvalue weighted by molar-refractivity contribution is -0.114. The highest BCUT2D eigenvalue weighted by Crippen LogP contribution is 2.40. The van der Waals surface area contributed by atoms with E-state index in [9.17, 15) is 4.79 Å². The summed E-state index contributed by atoms with van der Waals surface area (Å²) in [4.78, 5) is 13.7. The number of allylic oxidation sites excluding steroid dienone is 3. The second-order valence-corrected chi connectivity index (χ2v) is 6.00. The number of anilines is 1. The summed E-state index contributed by atoms with van der Waals surface area (Å²) in [5.74, 6) is 1.69. The van der Waals surface area contributed by atoms with Gasteiger partial charge in [-0.1, -0.05) is 18.2 Å². The van der Waals surface area contributed by atoms with Gasteiger partial charge in [-0.05, 0) is 29.2 Å². The third-order valence-electron chi connectivity index (χ3n) is 4.33. The predicted molar refractivity (Wildman–Crippen MR) is 88.4 cm³/mol. The molecule has 0 unspecified atom stereocenters. The van der Waals surface area contributed by atoms with Gasteiger partial charge < -0.3 is 9.64 Å². The Morgan fingerprint density at radius 3 is 2.77 bits per heavy atom. The standard InChI is InChI=1S/C19H17NO2/c1-20(2)17-5-3-4-14-15(17)8-9-18-16(14)10-12-6-7-13(21)11-19(12)22-18/h3-6,8-9,11H,7,10H2,1-2H3. The van der Waals surface area contributed by atoms with E-state index in [0.717, 1.165) is 17.7 Å². The summed E-state index contributed by atoms with van der Waals surface area (Å²) in [7, 11) is 4.11. The molecule has 0 bridgehead atoms. The van der Waals surface area contributed by atoms with Crippen molar-refractivity contribution in [3.63, 3.8) is 0 Å². The Labute approximate surface area is 129 Å². The van der Waals surface area contributed by atoms with Crippen LogP contribution in [0.1, 0.15) is 12.0 Å². The molecule has 0 saturated carbocycles. The van der Waals surface area contributed by atoms with Gasteiger partial charge in [0.05, 0.1) is 0 Å². The molecule has 0 saturated heterocycles. The Morgan fingerprint density at radius 1 is 1.09 bits per heavy atom. The molecule has 0 atom stereocenters. The van der Waals surface area contributed by atoms with E-state index >= 15 is 0 Å². The fourth-order valence-corrected chi connectivity index (χ4v) is 3.24. The molecule has 0 fully saturated rings. The third-order valence-corrected chi connectivity index (χ3v) is 4.33. The molecule has 4 rings (SSSR count). The average Bonchev–Trinajstić information content (AvgIpc) is 2.52. The quantitative estimate of drug-likeness (QED) is 0.803. The minimum absolute atomic E-state index is 0.109. The van der Waals surface area contributed by atoms with Crippen molar-refractivity contribution < 1.29 is 9.53 Å². The van der Waals surface area contributed by atoms with Crippen molar-refractivity contribution in [2.75, 3.05) is 19.0 Å². The lowest BCUT2D eigenvalue weighted by Gasteiger charge is -2.26. The summed E-state index contributed by atoms with van der Waals surface area (Å²) < 4.78 is 5.97. The van der Waals surface area contributed by atoms with Crippen LogP contribution in [0.15, 0.2) is 53.8 Å². The number of ether oxygens (including phenoxy) is 1. The van der Waals surface area contributed by atoms with Crippen LogP contribution in [0.25, 0.3) is 10.8 Å². The fourth-order valence-electron chi connectivity index (χ4n) is 3.24. The smallest absolute Gasteiger partial charge is 0.163 e. The van der Waals surface area contributed by atoms with E-state index in [2.05, 4.69) is 43.3 Å². The Hall–Kier alpha value is -2.55. The van der Waals surface area contributed by atoms with Crippen LogP contribution >= 0.6 is 0 Å². The third kappa shape index (κ3) is 1.93. The molecule has 1 heterocycles. The largest absolute Gasteiger partial charge is 0.457 e. The number of carbonyl (C=O) groups excluding carboxylic acids is 1. The first kappa shape index (κ1) is 13.1. The monoisotopic (exact) mass is 291 g/mol. The molecule has 22 heavy (non-hydrogen) atoms. The summed E-state index contributed by atoms with van der Waals surface area (Å²) >= 11 is 0. The van der Waals surface area contributed by atoms with E-state index in [1.165, 1.54) is 22.0 Å². The van der Waals surface area contributed by atoms with Crippen LogP contribution in [0, 0.1) is 0 Å². The highest BCUT2D eigenvalue weighted by atomic mass is 16.5. The van der Waals surface area contributed by atoms with Gasteiger partial charge >= 0.3 is 0 Å². The number of rotatable bonds is 1. The summed E-state index contributed by atoms with van der Waals surface area (Å²) in [6.07, 6.45) is 4.92. The van der Waals surface area contributed by atoms with Gasteiger partial charge in [-0.2, -0.15) is 0 Å². The molecule has 0 N–H and O–H groups in total. The fraction of sp³-hybridized carbons (Fsp3) is 0.211. The van der Waals surface area contributed by atoms with Crippen molar-refractivity contribution in [1.29, 1.82) is 0 Å². The maximum Gasteiger partial charge on any atom is 0.163 e. The molecule has 0 spiro atoms. The lowest BCUT2D eigenvalue weighted by atomic mass is 9.91. The first-order valence-electron chi connectivity index (χ1n) is 7.47. The molecule has 2 aromatic rings. The summed E-state index contributed by atoms with van der Waals surface area (Å²) in [6, 6.07) is 10.5. The van der Waals surface area contributed by atoms with Crippen molar-refractivity contribution in [3.8, 4) is 5.75 Å².